The third-order valence-electron chi connectivity index (χ3n) is 3.63. The lowest BCUT2D eigenvalue weighted by molar-refractivity contribution is 0.419. The van der Waals surface area contributed by atoms with Crippen molar-refractivity contribution in [2.45, 2.75) is 0 Å². The predicted octanol–water partition coefficient (Wildman–Crippen LogP) is 3.23. The molecular formula is C16H13N3O. The number of imidazole rings is 1. The van der Waals surface area contributed by atoms with Gasteiger partial charge in [-0.1, -0.05) is 24.3 Å². The monoisotopic (exact) mass is 263 g/mol. The molecule has 4 aromatic rings. The summed E-state index contributed by atoms with van der Waals surface area (Å²) < 4.78 is 7.51. The molecule has 0 bridgehead atoms. The zero-order valence-electron chi connectivity index (χ0n) is 11.0. The van der Waals surface area contributed by atoms with Gasteiger partial charge in [-0.15, -0.1) is 0 Å². The van der Waals surface area contributed by atoms with E-state index in [0.29, 0.717) is 0 Å². The van der Waals surface area contributed by atoms with E-state index >= 15 is 0 Å². The Morgan fingerprint density at radius 3 is 2.70 bits per heavy atom. The van der Waals surface area contributed by atoms with Crippen molar-refractivity contribution >= 4 is 33.3 Å². The summed E-state index contributed by atoms with van der Waals surface area (Å²) in [5, 5.41) is 1.03. The fraction of sp³-hybridized carbons (Fsp3) is 0.0625. The van der Waals surface area contributed by atoms with Crippen LogP contribution in [-0.2, 0) is 0 Å². The van der Waals surface area contributed by atoms with Gasteiger partial charge in [0.2, 0.25) is 0 Å². The quantitative estimate of drug-likeness (QED) is 0.573. The van der Waals surface area contributed by atoms with Crippen molar-refractivity contribution in [2.24, 2.45) is 0 Å². The highest BCUT2D eigenvalue weighted by Gasteiger charge is 2.12. The van der Waals surface area contributed by atoms with E-state index in [4.69, 9.17) is 10.5 Å². The van der Waals surface area contributed by atoms with Crippen LogP contribution in [0.4, 0.5) is 5.69 Å². The van der Waals surface area contributed by atoms with E-state index in [2.05, 4.69) is 15.5 Å². The number of ether oxygens (including phenoxy) is 1. The lowest BCUT2D eigenvalue weighted by atomic mass is 10.2. The SMILES string of the molecule is COc1cccc2c1nc1cc(N)c3ccccc3n12. The third kappa shape index (κ3) is 1.33. The van der Waals surface area contributed by atoms with Crippen molar-refractivity contribution in [2.75, 3.05) is 12.8 Å². The molecule has 2 aromatic carbocycles. The Bertz CT molecular complexity index is 956. The van der Waals surface area contributed by atoms with Gasteiger partial charge >= 0.3 is 0 Å². The van der Waals surface area contributed by atoms with Gasteiger partial charge in [0.25, 0.3) is 0 Å². The van der Waals surface area contributed by atoms with Crippen molar-refractivity contribution in [1.29, 1.82) is 0 Å². The minimum atomic E-state index is 0.738. The molecule has 4 heteroatoms. The summed E-state index contributed by atoms with van der Waals surface area (Å²) in [6, 6.07) is 15.9. The van der Waals surface area contributed by atoms with Gasteiger partial charge in [-0.3, -0.25) is 4.40 Å². The molecule has 2 aromatic heterocycles. The molecule has 20 heavy (non-hydrogen) atoms. The van der Waals surface area contributed by atoms with Crippen LogP contribution in [0.3, 0.4) is 0 Å². The molecule has 0 saturated heterocycles. The number of benzene rings is 2. The molecule has 0 saturated carbocycles. The second-order valence-electron chi connectivity index (χ2n) is 4.75. The first kappa shape index (κ1) is 11.1. The molecule has 0 unspecified atom stereocenters. The molecule has 4 rings (SSSR count). The number of pyridine rings is 1. The minimum Gasteiger partial charge on any atom is -0.494 e. The lowest BCUT2D eigenvalue weighted by Crippen LogP contribution is -1.93. The Balaban J connectivity index is 2.32. The van der Waals surface area contributed by atoms with Gasteiger partial charge in [0.1, 0.15) is 16.9 Å². The summed E-state index contributed by atoms with van der Waals surface area (Å²) in [4.78, 5) is 4.65. The lowest BCUT2D eigenvalue weighted by Gasteiger charge is -2.06. The standard InChI is InChI=1S/C16H13N3O/c1-20-14-8-4-7-13-16(14)18-15-9-11(17)10-5-2-3-6-12(10)19(13)15/h2-9H,17H2,1H3. The Morgan fingerprint density at radius 2 is 1.85 bits per heavy atom. The fourth-order valence-corrected chi connectivity index (χ4v) is 2.74. The normalized spacial score (nSPS) is 11.4. The average Bonchev–Trinajstić information content (AvgIpc) is 2.85. The first-order valence-electron chi connectivity index (χ1n) is 6.42. The summed E-state index contributed by atoms with van der Waals surface area (Å²) in [5.74, 6) is 0.772. The molecule has 98 valence electrons. The summed E-state index contributed by atoms with van der Waals surface area (Å²) in [7, 11) is 1.66. The summed E-state index contributed by atoms with van der Waals surface area (Å²) in [6.07, 6.45) is 0. The van der Waals surface area contributed by atoms with Gasteiger partial charge in [0.15, 0.2) is 0 Å². The zero-order valence-corrected chi connectivity index (χ0v) is 11.0. The number of hydrogen-bond donors (Lipinski definition) is 1. The van der Waals surface area contributed by atoms with Gasteiger partial charge < -0.3 is 10.5 Å². The average molecular weight is 263 g/mol. The molecule has 0 atom stereocenters. The summed E-state index contributed by atoms with van der Waals surface area (Å²) in [5.41, 5.74) is 10.6. The summed E-state index contributed by atoms with van der Waals surface area (Å²) >= 11 is 0. The zero-order chi connectivity index (χ0) is 13.7. The molecular weight excluding hydrogens is 250 g/mol. The first-order chi connectivity index (χ1) is 9.79. The molecule has 0 amide bonds. The molecule has 2 heterocycles. The van der Waals surface area contributed by atoms with Crippen LogP contribution in [0.2, 0.25) is 0 Å². The number of nitrogen functional groups attached to an aromatic ring is 1. The van der Waals surface area contributed by atoms with Gasteiger partial charge in [0, 0.05) is 17.1 Å². The van der Waals surface area contributed by atoms with Crippen LogP contribution in [0, 0.1) is 0 Å². The molecule has 2 N–H and O–H groups in total. The van der Waals surface area contributed by atoms with Crippen LogP contribution in [0.25, 0.3) is 27.6 Å². The number of nitrogens with two attached hydrogens (primary N) is 1. The Labute approximate surface area is 115 Å². The van der Waals surface area contributed by atoms with Crippen molar-refractivity contribution in [1.82, 2.24) is 9.38 Å². The van der Waals surface area contributed by atoms with E-state index < -0.39 is 0 Å². The molecule has 4 nitrogen and oxygen atoms in total. The topological polar surface area (TPSA) is 52.5 Å². The minimum absolute atomic E-state index is 0.738. The molecule has 0 spiro atoms. The number of hydrogen-bond acceptors (Lipinski definition) is 3. The van der Waals surface area contributed by atoms with Crippen LogP contribution in [-0.4, -0.2) is 16.5 Å². The second-order valence-corrected chi connectivity index (χ2v) is 4.75. The van der Waals surface area contributed by atoms with E-state index in [-0.39, 0.29) is 0 Å². The molecule has 0 fully saturated rings. The van der Waals surface area contributed by atoms with E-state index in [1.807, 2.05) is 42.5 Å². The van der Waals surface area contributed by atoms with E-state index in [0.717, 1.165) is 39.0 Å². The third-order valence-corrected chi connectivity index (χ3v) is 3.63. The summed E-state index contributed by atoms with van der Waals surface area (Å²) in [6.45, 7) is 0. The van der Waals surface area contributed by atoms with Gasteiger partial charge in [-0.2, -0.15) is 0 Å². The maximum Gasteiger partial charge on any atom is 0.146 e. The Kier molecular flexibility index (Phi) is 2.15. The van der Waals surface area contributed by atoms with Gasteiger partial charge in [-0.25, -0.2) is 4.98 Å². The fourth-order valence-electron chi connectivity index (χ4n) is 2.74. The highest BCUT2D eigenvalue weighted by molar-refractivity contribution is 5.98. The number of methoxy groups -OCH3 is 1. The highest BCUT2D eigenvalue weighted by atomic mass is 16.5. The first-order valence-corrected chi connectivity index (χ1v) is 6.42. The molecule has 0 aliphatic carbocycles. The smallest absolute Gasteiger partial charge is 0.146 e. The molecule has 0 aliphatic heterocycles. The Hall–Kier alpha value is -2.75. The maximum absolute atomic E-state index is 6.13. The number of fused-ring (bicyclic) bond motifs is 5. The number of anilines is 1. The van der Waals surface area contributed by atoms with E-state index in [1.165, 1.54) is 0 Å². The van der Waals surface area contributed by atoms with Crippen molar-refractivity contribution in [3.8, 4) is 5.75 Å². The Morgan fingerprint density at radius 1 is 1.05 bits per heavy atom. The highest BCUT2D eigenvalue weighted by Crippen LogP contribution is 2.31. The van der Waals surface area contributed by atoms with Crippen LogP contribution < -0.4 is 10.5 Å². The van der Waals surface area contributed by atoms with E-state index in [1.54, 1.807) is 7.11 Å². The molecule has 0 aliphatic rings. The van der Waals surface area contributed by atoms with Gasteiger partial charge in [-0.05, 0) is 18.2 Å². The van der Waals surface area contributed by atoms with Crippen molar-refractivity contribution < 1.29 is 4.74 Å². The maximum atomic E-state index is 6.13. The predicted molar refractivity (Wildman–Crippen MR) is 81.2 cm³/mol. The van der Waals surface area contributed by atoms with Gasteiger partial charge in [0.05, 0.1) is 18.1 Å². The van der Waals surface area contributed by atoms with Crippen LogP contribution in [0.15, 0.2) is 48.5 Å². The van der Waals surface area contributed by atoms with Crippen LogP contribution in [0.5, 0.6) is 5.75 Å². The number of para-hydroxylation sites is 2. The van der Waals surface area contributed by atoms with Crippen LogP contribution in [0.1, 0.15) is 0 Å². The van der Waals surface area contributed by atoms with Crippen molar-refractivity contribution in [3.05, 3.63) is 48.5 Å². The number of rotatable bonds is 1. The van der Waals surface area contributed by atoms with E-state index in [9.17, 15) is 0 Å². The molecule has 0 radical (unpaired) electrons. The van der Waals surface area contributed by atoms with Crippen LogP contribution >= 0.6 is 0 Å². The second kappa shape index (κ2) is 3.87. The van der Waals surface area contributed by atoms with Crippen molar-refractivity contribution in [3.63, 3.8) is 0 Å². The largest absolute Gasteiger partial charge is 0.494 e. The number of aromatic nitrogens is 2. The number of nitrogens with zero attached hydrogens (tertiary/aromatic N) is 2.